The highest BCUT2D eigenvalue weighted by Gasteiger charge is 2.18. The zero-order valence-corrected chi connectivity index (χ0v) is 13.8. The second-order valence-electron chi connectivity index (χ2n) is 5.33. The summed E-state index contributed by atoms with van der Waals surface area (Å²) < 4.78 is 13.8. The molecule has 0 bridgehead atoms. The first-order valence-corrected chi connectivity index (χ1v) is 7.58. The highest BCUT2D eigenvalue weighted by Crippen LogP contribution is 2.20. The number of halogens is 2. The second-order valence-corrected chi connectivity index (χ2v) is 6.26. The van der Waals surface area contributed by atoms with Gasteiger partial charge in [0, 0.05) is 30.1 Å². The predicted molar refractivity (Wildman–Crippen MR) is 87.9 cm³/mol. The third-order valence-corrected chi connectivity index (χ3v) is 3.51. The highest BCUT2D eigenvalue weighted by molar-refractivity contribution is 7.80. The van der Waals surface area contributed by atoms with Crippen molar-refractivity contribution in [2.75, 3.05) is 13.1 Å². The van der Waals surface area contributed by atoms with Crippen LogP contribution >= 0.6 is 23.8 Å². The average Bonchev–Trinajstić information content (AvgIpc) is 2.38. The van der Waals surface area contributed by atoms with Crippen molar-refractivity contribution in [1.29, 1.82) is 0 Å². The van der Waals surface area contributed by atoms with E-state index < -0.39 is 5.82 Å². The van der Waals surface area contributed by atoms with Crippen molar-refractivity contribution in [2.45, 2.75) is 26.7 Å². The number of rotatable bonds is 7. The molecule has 0 saturated heterocycles. The molecule has 0 spiro atoms. The summed E-state index contributed by atoms with van der Waals surface area (Å²) >= 11 is 10.8. The van der Waals surface area contributed by atoms with Crippen LogP contribution < -0.4 is 5.73 Å². The van der Waals surface area contributed by atoms with Gasteiger partial charge in [-0.1, -0.05) is 43.7 Å². The monoisotopic (exact) mass is 330 g/mol. The van der Waals surface area contributed by atoms with Crippen LogP contribution in [0.5, 0.6) is 0 Å². The van der Waals surface area contributed by atoms with Crippen molar-refractivity contribution < 1.29 is 9.18 Å². The fourth-order valence-corrected chi connectivity index (χ4v) is 2.29. The van der Waals surface area contributed by atoms with Gasteiger partial charge in [-0.05, 0) is 18.1 Å². The lowest BCUT2D eigenvalue weighted by Gasteiger charge is -2.25. The summed E-state index contributed by atoms with van der Waals surface area (Å²) in [5, 5.41) is 0.266. The lowest BCUT2D eigenvalue weighted by atomic mass is 10.1. The molecule has 0 radical (unpaired) electrons. The molecule has 0 aromatic heterocycles. The van der Waals surface area contributed by atoms with E-state index in [4.69, 9.17) is 29.6 Å². The van der Waals surface area contributed by atoms with Gasteiger partial charge in [0.25, 0.3) is 0 Å². The Morgan fingerprint density at radius 3 is 2.67 bits per heavy atom. The fourth-order valence-electron chi connectivity index (χ4n) is 1.97. The summed E-state index contributed by atoms with van der Waals surface area (Å²) in [6.07, 6.45) is 0.397. The molecule has 0 atom stereocenters. The summed E-state index contributed by atoms with van der Waals surface area (Å²) in [4.78, 5) is 14.4. The van der Waals surface area contributed by atoms with Crippen LogP contribution in [0.25, 0.3) is 0 Å². The van der Waals surface area contributed by atoms with Gasteiger partial charge in [-0.25, -0.2) is 4.39 Å². The quantitative estimate of drug-likeness (QED) is 0.781. The molecule has 0 heterocycles. The Labute approximate surface area is 135 Å². The second kappa shape index (κ2) is 8.29. The maximum atomic E-state index is 13.8. The Bertz CT molecular complexity index is 502. The minimum atomic E-state index is -0.463. The lowest BCUT2D eigenvalue weighted by Crippen LogP contribution is -2.37. The maximum absolute atomic E-state index is 13.8. The van der Waals surface area contributed by atoms with Crippen LogP contribution in [0.1, 0.15) is 25.8 Å². The third kappa shape index (κ3) is 5.98. The van der Waals surface area contributed by atoms with E-state index in [2.05, 4.69) is 0 Å². The number of hydrogen-bond acceptors (Lipinski definition) is 2. The van der Waals surface area contributed by atoms with Crippen molar-refractivity contribution in [3.05, 3.63) is 34.6 Å². The number of carbonyl (C=O) groups is 1. The van der Waals surface area contributed by atoms with E-state index in [1.807, 2.05) is 13.8 Å². The summed E-state index contributed by atoms with van der Waals surface area (Å²) in [6, 6.07) is 4.40. The van der Waals surface area contributed by atoms with Gasteiger partial charge >= 0.3 is 0 Å². The van der Waals surface area contributed by atoms with Crippen molar-refractivity contribution in [1.82, 2.24) is 4.90 Å². The van der Waals surface area contributed by atoms with Crippen molar-refractivity contribution in [2.24, 2.45) is 11.7 Å². The zero-order valence-electron chi connectivity index (χ0n) is 12.2. The van der Waals surface area contributed by atoms with Gasteiger partial charge in [-0.15, -0.1) is 0 Å². The molecule has 0 fully saturated rings. The van der Waals surface area contributed by atoms with Gasteiger partial charge in [-0.2, -0.15) is 0 Å². The zero-order chi connectivity index (χ0) is 16.0. The molecule has 1 amide bonds. The molecule has 3 nitrogen and oxygen atoms in total. The van der Waals surface area contributed by atoms with Gasteiger partial charge < -0.3 is 10.6 Å². The molecule has 0 unspecified atom stereocenters. The molecular weight excluding hydrogens is 311 g/mol. The standard InChI is InChI=1S/C15H20ClFN2OS/c1-10(2)9-19(7-6-14(18)21)15(20)8-11-12(16)4-3-5-13(11)17/h3-5,10H,6-9H2,1-2H3,(H2,18,21). The first-order valence-electron chi connectivity index (χ1n) is 6.80. The van der Waals surface area contributed by atoms with E-state index in [0.717, 1.165) is 0 Å². The summed E-state index contributed by atoms with van der Waals surface area (Å²) in [5.41, 5.74) is 5.71. The number of nitrogens with zero attached hydrogens (tertiary/aromatic N) is 1. The normalized spacial score (nSPS) is 10.7. The van der Waals surface area contributed by atoms with Crippen molar-refractivity contribution in [3.63, 3.8) is 0 Å². The number of nitrogens with two attached hydrogens (primary N) is 1. The van der Waals surface area contributed by atoms with E-state index in [1.54, 1.807) is 11.0 Å². The molecule has 0 aliphatic heterocycles. The van der Waals surface area contributed by atoms with Gasteiger partial charge in [0.05, 0.1) is 11.4 Å². The maximum Gasteiger partial charge on any atom is 0.227 e. The van der Waals surface area contributed by atoms with Crippen LogP contribution in [0.3, 0.4) is 0 Å². The number of carbonyl (C=O) groups excluding carboxylic acids is 1. The molecule has 2 N–H and O–H groups in total. The summed E-state index contributed by atoms with van der Waals surface area (Å²) in [6.45, 7) is 5.04. The van der Waals surface area contributed by atoms with Crippen molar-refractivity contribution >= 4 is 34.7 Å². The predicted octanol–water partition coefficient (Wildman–Crippen LogP) is 3.18. The molecule has 21 heavy (non-hydrogen) atoms. The molecule has 1 rings (SSSR count). The minimum Gasteiger partial charge on any atom is -0.393 e. The Morgan fingerprint density at radius 2 is 2.14 bits per heavy atom. The van der Waals surface area contributed by atoms with Crippen LogP contribution in [0.15, 0.2) is 18.2 Å². The van der Waals surface area contributed by atoms with Crippen LogP contribution in [0.2, 0.25) is 5.02 Å². The Hall–Kier alpha value is -1.20. The molecule has 0 aliphatic rings. The smallest absolute Gasteiger partial charge is 0.227 e. The molecular formula is C15H20ClFN2OS. The minimum absolute atomic E-state index is 0.0600. The number of thiocarbonyl (C=S) groups is 1. The Balaban J connectivity index is 2.82. The van der Waals surface area contributed by atoms with E-state index in [-0.39, 0.29) is 22.9 Å². The highest BCUT2D eigenvalue weighted by atomic mass is 35.5. The number of amides is 1. The topological polar surface area (TPSA) is 46.3 Å². The number of hydrogen-bond donors (Lipinski definition) is 1. The average molecular weight is 331 g/mol. The molecule has 6 heteroatoms. The van der Waals surface area contributed by atoms with E-state index in [1.165, 1.54) is 12.1 Å². The van der Waals surface area contributed by atoms with Crippen LogP contribution in [-0.4, -0.2) is 28.9 Å². The SMILES string of the molecule is CC(C)CN(CCC(N)=S)C(=O)Cc1c(F)cccc1Cl. The van der Waals surface area contributed by atoms with Crippen LogP contribution in [0.4, 0.5) is 4.39 Å². The van der Waals surface area contributed by atoms with Crippen LogP contribution in [-0.2, 0) is 11.2 Å². The Kier molecular flexibility index (Phi) is 7.05. The van der Waals surface area contributed by atoms with Crippen LogP contribution in [0, 0.1) is 11.7 Å². The summed E-state index contributed by atoms with van der Waals surface area (Å²) in [7, 11) is 0. The van der Waals surface area contributed by atoms with Gasteiger partial charge in [-0.3, -0.25) is 4.79 Å². The van der Waals surface area contributed by atoms with Gasteiger partial charge in [0.15, 0.2) is 0 Å². The van der Waals surface area contributed by atoms with E-state index >= 15 is 0 Å². The largest absolute Gasteiger partial charge is 0.393 e. The fraction of sp³-hybridized carbons (Fsp3) is 0.467. The van der Waals surface area contributed by atoms with E-state index in [9.17, 15) is 9.18 Å². The van der Waals surface area contributed by atoms with Crippen molar-refractivity contribution in [3.8, 4) is 0 Å². The molecule has 1 aromatic rings. The van der Waals surface area contributed by atoms with E-state index in [0.29, 0.717) is 30.4 Å². The van der Waals surface area contributed by atoms with Gasteiger partial charge in [0.2, 0.25) is 5.91 Å². The third-order valence-electron chi connectivity index (χ3n) is 2.96. The summed E-state index contributed by atoms with van der Waals surface area (Å²) in [5.74, 6) is -0.335. The van der Waals surface area contributed by atoms with Gasteiger partial charge in [0.1, 0.15) is 5.82 Å². The first-order chi connectivity index (χ1) is 9.81. The molecule has 0 aliphatic carbocycles. The molecule has 1 aromatic carbocycles. The molecule has 116 valence electrons. The number of benzene rings is 1. The lowest BCUT2D eigenvalue weighted by molar-refractivity contribution is -0.131. The Morgan fingerprint density at radius 1 is 1.48 bits per heavy atom. The molecule has 0 saturated carbocycles. The first kappa shape index (κ1) is 17.9.